The van der Waals surface area contributed by atoms with Crippen molar-refractivity contribution in [2.24, 2.45) is 5.73 Å². The monoisotopic (exact) mass is 222 g/mol. The SMILES string of the molecule is CCc1cc(CNC(=O)CN)ccc1OC. The molecule has 1 aromatic rings. The van der Waals surface area contributed by atoms with E-state index in [1.165, 1.54) is 0 Å². The fourth-order valence-electron chi connectivity index (χ4n) is 1.49. The van der Waals surface area contributed by atoms with Crippen molar-refractivity contribution in [2.75, 3.05) is 13.7 Å². The van der Waals surface area contributed by atoms with E-state index < -0.39 is 0 Å². The van der Waals surface area contributed by atoms with Crippen LogP contribution in [0, 0.1) is 0 Å². The number of carbonyl (C=O) groups excluding carboxylic acids is 1. The largest absolute Gasteiger partial charge is 0.496 e. The average Bonchev–Trinajstić information content (AvgIpc) is 2.35. The molecule has 0 fully saturated rings. The highest BCUT2D eigenvalue weighted by Gasteiger charge is 2.03. The summed E-state index contributed by atoms with van der Waals surface area (Å²) >= 11 is 0. The van der Waals surface area contributed by atoms with Gasteiger partial charge in [-0.1, -0.05) is 19.1 Å². The number of carbonyl (C=O) groups is 1. The van der Waals surface area contributed by atoms with Crippen LogP contribution in [0.2, 0.25) is 0 Å². The van der Waals surface area contributed by atoms with Crippen LogP contribution in [0.25, 0.3) is 0 Å². The van der Waals surface area contributed by atoms with E-state index in [-0.39, 0.29) is 12.5 Å². The summed E-state index contributed by atoms with van der Waals surface area (Å²) in [7, 11) is 1.66. The number of rotatable bonds is 5. The van der Waals surface area contributed by atoms with Crippen LogP contribution in [0.1, 0.15) is 18.1 Å². The molecule has 0 spiro atoms. The van der Waals surface area contributed by atoms with Gasteiger partial charge < -0.3 is 15.8 Å². The lowest BCUT2D eigenvalue weighted by Crippen LogP contribution is -2.29. The first-order valence-corrected chi connectivity index (χ1v) is 5.33. The third-order valence-corrected chi connectivity index (χ3v) is 2.40. The Bertz CT molecular complexity index is 364. The standard InChI is InChI=1S/C12H18N2O2/c1-3-10-6-9(4-5-11(10)16-2)8-14-12(15)7-13/h4-6H,3,7-8,13H2,1-2H3,(H,14,15). The van der Waals surface area contributed by atoms with Crippen molar-refractivity contribution in [1.82, 2.24) is 5.32 Å². The summed E-state index contributed by atoms with van der Waals surface area (Å²) in [4.78, 5) is 11.0. The number of benzene rings is 1. The number of nitrogens with two attached hydrogens (primary N) is 1. The van der Waals surface area contributed by atoms with Crippen molar-refractivity contribution < 1.29 is 9.53 Å². The summed E-state index contributed by atoms with van der Waals surface area (Å²) in [6.45, 7) is 2.60. The van der Waals surface area contributed by atoms with Crippen LogP contribution >= 0.6 is 0 Å². The number of hydrogen-bond acceptors (Lipinski definition) is 3. The molecule has 0 aliphatic carbocycles. The summed E-state index contributed by atoms with van der Waals surface area (Å²) in [5.74, 6) is 0.741. The first-order chi connectivity index (χ1) is 7.71. The second-order valence-electron chi connectivity index (χ2n) is 3.48. The van der Waals surface area contributed by atoms with Crippen molar-refractivity contribution in [3.63, 3.8) is 0 Å². The van der Waals surface area contributed by atoms with Crippen LogP contribution in [0.5, 0.6) is 5.75 Å². The number of aryl methyl sites for hydroxylation is 1. The molecule has 1 aromatic carbocycles. The number of hydrogen-bond donors (Lipinski definition) is 2. The van der Waals surface area contributed by atoms with Crippen molar-refractivity contribution in [3.8, 4) is 5.75 Å². The van der Waals surface area contributed by atoms with Gasteiger partial charge in [0.1, 0.15) is 5.75 Å². The quantitative estimate of drug-likeness (QED) is 0.775. The zero-order chi connectivity index (χ0) is 12.0. The molecule has 0 saturated heterocycles. The molecule has 0 atom stereocenters. The van der Waals surface area contributed by atoms with Crippen LogP contribution in [0.3, 0.4) is 0 Å². The van der Waals surface area contributed by atoms with Crippen molar-refractivity contribution in [3.05, 3.63) is 29.3 Å². The lowest BCUT2D eigenvalue weighted by atomic mass is 10.1. The van der Waals surface area contributed by atoms with Gasteiger partial charge in [0, 0.05) is 6.54 Å². The Morgan fingerprint density at radius 3 is 2.81 bits per heavy atom. The number of methoxy groups -OCH3 is 1. The van der Waals surface area contributed by atoms with Crippen molar-refractivity contribution in [2.45, 2.75) is 19.9 Å². The van der Waals surface area contributed by atoms with Gasteiger partial charge in [-0.2, -0.15) is 0 Å². The zero-order valence-electron chi connectivity index (χ0n) is 9.75. The molecule has 0 unspecified atom stereocenters. The third-order valence-electron chi connectivity index (χ3n) is 2.40. The molecule has 1 amide bonds. The van der Waals surface area contributed by atoms with Gasteiger partial charge in [-0.25, -0.2) is 0 Å². The van der Waals surface area contributed by atoms with Gasteiger partial charge in [-0.05, 0) is 23.6 Å². The minimum absolute atomic E-state index is 0.0246. The maximum Gasteiger partial charge on any atom is 0.234 e. The molecule has 16 heavy (non-hydrogen) atoms. The van der Waals surface area contributed by atoms with E-state index >= 15 is 0 Å². The van der Waals surface area contributed by atoms with Crippen LogP contribution < -0.4 is 15.8 Å². The summed E-state index contributed by atoms with van der Waals surface area (Å²) in [6.07, 6.45) is 0.905. The van der Waals surface area contributed by atoms with Gasteiger partial charge in [-0.15, -0.1) is 0 Å². The minimum Gasteiger partial charge on any atom is -0.496 e. The Labute approximate surface area is 95.8 Å². The Morgan fingerprint density at radius 1 is 1.50 bits per heavy atom. The molecule has 0 aromatic heterocycles. The van der Waals surface area contributed by atoms with Crippen LogP contribution in [-0.2, 0) is 17.8 Å². The Morgan fingerprint density at radius 2 is 2.25 bits per heavy atom. The molecule has 3 N–H and O–H groups in total. The first-order valence-electron chi connectivity index (χ1n) is 5.33. The molecular weight excluding hydrogens is 204 g/mol. The highest BCUT2D eigenvalue weighted by Crippen LogP contribution is 2.20. The Balaban J connectivity index is 2.71. The normalized spacial score (nSPS) is 9.94. The van der Waals surface area contributed by atoms with Gasteiger partial charge >= 0.3 is 0 Å². The van der Waals surface area contributed by atoms with E-state index in [0.29, 0.717) is 6.54 Å². The fraction of sp³-hybridized carbons (Fsp3) is 0.417. The number of nitrogens with one attached hydrogen (secondary N) is 1. The maximum absolute atomic E-state index is 11.0. The van der Waals surface area contributed by atoms with E-state index in [1.807, 2.05) is 18.2 Å². The highest BCUT2D eigenvalue weighted by molar-refractivity contribution is 5.77. The molecule has 0 aliphatic rings. The van der Waals surface area contributed by atoms with Gasteiger partial charge in [0.05, 0.1) is 13.7 Å². The van der Waals surface area contributed by atoms with Crippen molar-refractivity contribution in [1.29, 1.82) is 0 Å². The second kappa shape index (κ2) is 6.12. The predicted octanol–water partition coefficient (Wildman–Crippen LogP) is 0.832. The van der Waals surface area contributed by atoms with Crippen molar-refractivity contribution >= 4 is 5.91 Å². The highest BCUT2D eigenvalue weighted by atomic mass is 16.5. The van der Waals surface area contributed by atoms with E-state index in [9.17, 15) is 4.79 Å². The topological polar surface area (TPSA) is 64.4 Å². The molecule has 0 aliphatic heterocycles. The predicted molar refractivity (Wildman–Crippen MR) is 63.3 cm³/mol. The minimum atomic E-state index is -0.145. The van der Waals surface area contributed by atoms with Crippen LogP contribution in [-0.4, -0.2) is 19.6 Å². The zero-order valence-corrected chi connectivity index (χ0v) is 9.75. The lowest BCUT2D eigenvalue weighted by molar-refractivity contribution is -0.119. The van der Waals surface area contributed by atoms with Gasteiger partial charge in [0.25, 0.3) is 0 Å². The molecule has 4 nitrogen and oxygen atoms in total. The molecule has 0 saturated carbocycles. The van der Waals surface area contributed by atoms with Crippen LogP contribution in [0.4, 0.5) is 0 Å². The van der Waals surface area contributed by atoms with Crippen LogP contribution in [0.15, 0.2) is 18.2 Å². The maximum atomic E-state index is 11.0. The summed E-state index contributed by atoms with van der Waals surface area (Å²) in [5, 5.41) is 2.73. The second-order valence-corrected chi connectivity index (χ2v) is 3.48. The molecular formula is C12H18N2O2. The summed E-state index contributed by atoms with van der Waals surface area (Å²) in [5.41, 5.74) is 7.40. The Hall–Kier alpha value is -1.55. The fourth-order valence-corrected chi connectivity index (χ4v) is 1.49. The number of amides is 1. The molecule has 1 rings (SSSR count). The number of ether oxygens (including phenoxy) is 1. The average molecular weight is 222 g/mol. The third kappa shape index (κ3) is 3.24. The molecule has 4 heteroatoms. The van der Waals surface area contributed by atoms with Gasteiger partial charge in [0.2, 0.25) is 5.91 Å². The molecule has 88 valence electrons. The Kier molecular flexibility index (Phi) is 4.79. The van der Waals surface area contributed by atoms with E-state index in [1.54, 1.807) is 7.11 Å². The van der Waals surface area contributed by atoms with E-state index in [2.05, 4.69) is 12.2 Å². The summed E-state index contributed by atoms with van der Waals surface area (Å²) in [6, 6.07) is 5.90. The molecule has 0 heterocycles. The van der Waals surface area contributed by atoms with E-state index in [4.69, 9.17) is 10.5 Å². The first kappa shape index (κ1) is 12.5. The molecule has 0 bridgehead atoms. The smallest absolute Gasteiger partial charge is 0.234 e. The summed E-state index contributed by atoms with van der Waals surface area (Å²) < 4.78 is 5.23. The molecule has 0 radical (unpaired) electrons. The van der Waals surface area contributed by atoms with Gasteiger partial charge in [-0.3, -0.25) is 4.79 Å². The van der Waals surface area contributed by atoms with Gasteiger partial charge in [0.15, 0.2) is 0 Å². The lowest BCUT2D eigenvalue weighted by Gasteiger charge is -2.09. The van der Waals surface area contributed by atoms with E-state index in [0.717, 1.165) is 23.3 Å².